The average Bonchev–Trinajstić information content (AvgIpc) is 2.68. The van der Waals surface area contributed by atoms with Crippen LogP contribution in [0.25, 0.3) is 0 Å². The van der Waals surface area contributed by atoms with Crippen LogP contribution in [0.15, 0.2) is 0 Å². The lowest BCUT2D eigenvalue weighted by molar-refractivity contribution is -0.214. The average molecular weight is 244 g/mol. The van der Waals surface area contributed by atoms with Crippen LogP contribution in [-0.2, 0) is 14.2 Å². The van der Waals surface area contributed by atoms with Crippen LogP contribution in [0.1, 0.15) is 52.9 Å². The van der Waals surface area contributed by atoms with Crippen LogP contribution >= 0.6 is 0 Å². The molecule has 0 radical (unpaired) electrons. The zero-order chi connectivity index (χ0) is 12.5. The Morgan fingerprint density at radius 1 is 1.24 bits per heavy atom. The Balaban J connectivity index is 1.96. The molecule has 4 heteroatoms. The summed E-state index contributed by atoms with van der Waals surface area (Å²) in [5.74, 6) is -0.611. The van der Waals surface area contributed by atoms with Crippen LogP contribution < -0.4 is 0 Å². The summed E-state index contributed by atoms with van der Waals surface area (Å²) < 4.78 is 17.0. The van der Waals surface area contributed by atoms with Crippen molar-refractivity contribution >= 4 is 0 Å². The summed E-state index contributed by atoms with van der Waals surface area (Å²) in [7, 11) is 0. The van der Waals surface area contributed by atoms with Crippen LogP contribution in [0.4, 0.5) is 0 Å². The molecule has 0 aliphatic carbocycles. The number of hydrogen-bond donors (Lipinski definition) is 1. The lowest BCUT2D eigenvalue weighted by Gasteiger charge is -2.26. The maximum Gasteiger partial charge on any atom is 0.184 e. The first-order valence-electron chi connectivity index (χ1n) is 6.67. The molecule has 2 heterocycles. The molecule has 2 aliphatic rings. The van der Waals surface area contributed by atoms with E-state index in [1.807, 2.05) is 13.8 Å². The predicted molar refractivity (Wildman–Crippen MR) is 63.5 cm³/mol. The first-order chi connectivity index (χ1) is 7.99. The molecule has 17 heavy (non-hydrogen) atoms. The van der Waals surface area contributed by atoms with Crippen molar-refractivity contribution < 1.29 is 19.3 Å². The standard InChI is InChI=1S/C13H24O4/c1-4-5-6-7-8-13-9-15-11(14)10(13)16-12(2,3)17-13/h10-11,14H,4-9H2,1-3H3/t10-,11?,13+/m1/s1. The van der Waals surface area contributed by atoms with Gasteiger partial charge in [0.15, 0.2) is 12.1 Å². The molecular formula is C13H24O4. The molecule has 2 saturated heterocycles. The third-order valence-electron chi connectivity index (χ3n) is 3.59. The minimum absolute atomic E-state index is 0.334. The molecule has 0 spiro atoms. The Labute approximate surface area is 103 Å². The second-order valence-corrected chi connectivity index (χ2v) is 5.62. The number of ether oxygens (including phenoxy) is 3. The molecule has 0 saturated carbocycles. The van der Waals surface area contributed by atoms with E-state index in [-0.39, 0.29) is 6.10 Å². The van der Waals surface area contributed by atoms with E-state index < -0.39 is 17.7 Å². The summed E-state index contributed by atoms with van der Waals surface area (Å²) in [6.45, 7) is 6.42. The van der Waals surface area contributed by atoms with Crippen LogP contribution in [0, 0.1) is 0 Å². The van der Waals surface area contributed by atoms with Gasteiger partial charge in [-0.15, -0.1) is 0 Å². The van der Waals surface area contributed by atoms with E-state index in [1.165, 1.54) is 19.3 Å². The van der Waals surface area contributed by atoms with Crippen molar-refractivity contribution in [2.75, 3.05) is 6.61 Å². The largest absolute Gasteiger partial charge is 0.366 e. The second-order valence-electron chi connectivity index (χ2n) is 5.62. The van der Waals surface area contributed by atoms with Crippen molar-refractivity contribution in [2.24, 2.45) is 0 Å². The van der Waals surface area contributed by atoms with E-state index in [9.17, 15) is 5.11 Å². The van der Waals surface area contributed by atoms with E-state index >= 15 is 0 Å². The van der Waals surface area contributed by atoms with Crippen molar-refractivity contribution in [2.45, 2.75) is 76.7 Å². The van der Waals surface area contributed by atoms with Gasteiger partial charge in [-0.3, -0.25) is 0 Å². The highest BCUT2D eigenvalue weighted by molar-refractivity contribution is 5.01. The summed E-state index contributed by atoms with van der Waals surface area (Å²) in [5.41, 5.74) is -0.434. The fourth-order valence-electron chi connectivity index (χ4n) is 2.84. The van der Waals surface area contributed by atoms with E-state index in [1.54, 1.807) is 0 Å². The number of unbranched alkanes of at least 4 members (excludes halogenated alkanes) is 3. The highest BCUT2D eigenvalue weighted by atomic mass is 16.8. The van der Waals surface area contributed by atoms with Gasteiger partial charge in [-0.25, -0.2) is 0 Å². The van der Waals surface area contributed by atoms with Gasteiger partial charge in [-0.2, -0.15) is 0 Å². The molecule has 2 aliphatic heterocycles. The number of fused-ring (bicyclic) bond motifs is 1. The fourth-order valence-corrected chi connectivity index (χ4v) is 2.84. The molecule has 3 atom stereocenters. The van der Waals surface area contributed by atoms with Gasteiger partial charge in [0.1, 0.15) is 11.7 Å². The minimum Gasteiger partial charge on any atom is -0.366 e. The van der Waals surface area contributed by atoms with Crippen LogP contribution in [0.2, 0.25) is 0 Å². The van der Waals surface area contributed by atoms with Gasteiger partial charge in [0.05, 0.1) is 6.61 Å². The van der Waals surface area contributed by atoms with Gasteiger partial charge >= 0.3 is 0 Å². The molecule has 4 nitrogen and oxygen atoms in total. The Bertz CT molecular complexity index is 266. The first-order valence-corrected chi connectivity index (χ1v) is 6.67. The smallest absolute Gasteiger partial charge is 0.184 e. The van der Waals surface area contributed by atoms with Crippen LogP contribution in [-0.4, -0.2) is 35.5 Å². The monoisotopic (exact) mass is 244 g/mol. The van der Waals surface area contributed by atoms with Crippen molar-refractivity contribution in [3.8, 4) is 0 Å². The molecule has 1 unspecified atom stereocenters. The molecule has 0 bridgehead atoms. The van der Waals surface area contributed by atoms with E-state index in [0.717, 1.165) is 12.8 Å². The molecule has 0 aromatic rings. The SMILES string of the molecule is CCCCCC[C@]12COC(O)[C@H]1OC(C)(C)O2. The van der Waals surface area contributed by atoms with Gasteiger partial charge in [-0.1, -0.05) is 32.6 Å². The zero-order valence-electron chi connectivity index (χ0n) is 11.1. The lowest BCUT2D eigenvalue weighted by Crippen LogP contribution is -2.41. The maximum absolute atomic E-state index is 9.77. The van der Waals surface area contributed by atoms with Gasteiger partial charge in [0.2, 0.25) is 0 Å². The normalized spacial score (nSPS) is 39.5. The third-order valence-corrected chi connectivity index (χ3v) is 3.59. The van der Waals surface area contributed by atoms with Crippen molar-refractivity contribution in [3.63, 3.8) is 0 Å². The van der Waals surface area contributed by atoms with Crippen molar-refractivity contribution in [1.82, 2.24) is 0 Å². The number of rotatable bonds is 5. The van der Waals surface area contributed by atoms with Gasteiger partial charge in [-0.05, 0) is 20.3 Å². The summed E-state index contributed by atoms with van der Waals surface area (Å²) in [6.07, 6.45) is 4.48. The summed E-state index contributed by atoms with van der Waals surface area (Å²) in [4.78, 5) is 0. The van der Waals surface area contributed by atoms with E-state index in [4.69, 9.17) is 14.2 Å². The summed E-state index contributed by atoms with van der Waals surface area (Å²) >= 11 is 0. The molecule has 0 aromatic heterocycles. The number of aliphatic hydroxyl groups excluding tert-OH is 1. The highest BCUT2D eigenvalue weighted by Crippen LogP contribution is 2.45. The quantitative estimate of drug-likeness (QED) is 0.753. The van der Waals surface area contributed by atoms with Gasteiger partial charge < -0.3 is 19.3 Å². The van der Waals surface area contributed by atoms with Gasteiger partial charge in [0.25, 0.3) is 0 Å². The Kier molecular flexibility index (Phi) is 3.78. The Morgan fingerprint density at radius 2 is 2.00 bits per heavy atom. The number of hydrogen-bond acceptors (Lipinski definition) is 4. The van der Waals surface area contributed by atoms with Crippen LogP contribution in [0.5, 0.6) is 0 Å². The van der Waals surface area contributed by atoms with Crippen LogP contribution in [0.3, 0.4) is 0 Å². The van der Waals surface area contributed by atoms with Crippen molar-refractivity contribution in [1.29, 1.82) is 0 Å². The first kappa shape index (κ1) is 13.3. The molecule has 0 amide bonds. The van der Waals surface area contributed by atoms with Gasteiger partial charge in [0, 0.05) is 0 Å². The second kappa shape index (κ2) is 4.84. The Morgan fingerprint density at radius 3 is 2.71 bits per heavy atom. The lowest BCUT2D eigenvalue weighted by atomic mass is 9.92. The minimum atomic E-state index is -0.844. The predicted octanol–water partition coefficient (Wildman–Crippen LogP) is 2.20. The molecule has 100 valence electrons. The van der Waals surface area contributed by atoms with Crippen molar-refractivity contribution in [3.05, 3.63) is 0 Å². The molecule has 2 rings (SSSR count). The van der Waals surface area contributed by atoms with E-state index in [2.05, 4.69) is 6.92 Å². The molecular weight excluding hydrogens is 220 g/mol. The zero-order valence-corrected chi connectivity index (χ0v) is 11.1. The molecule has 0 aromatic carbocycles. The topological polar surface area (TPSA) is 47.9 Å². The summed E-state index contributed by atoms with van der Waals surface area (Å²) in [6, 6.07) is 0. The maximum atomic E-state index is 9.77. The molecule has 2 fully saturated rings. The third kappa shape index (κ3) is 2.65. The Hall–Kier alpha value is -0.160. The highest BCUT2D eigenvalue weighted by Gasteiger charge is 2.60. The fraction of sp³-hybridized carbons (Fsp3) is 1.00. The molecule has 1 N–H and O–H groups in total. The number of aliphatic hydroxyl groups is 1. The van der Waals surface area contributed by atoms with E-state index in [0.29, 0.717) is 6.61 Å². The summed E-state index contributed by atoms with van der Waals surface area (Å²) in [5, 5.41) is 9.77.